The fourth-order valence-corrected chi connectivity index (χ4v) is 2.88. The van der Waals surface area contributed by atoms with Gasteiger partial charge in [0.05, 0.1) is 5.75 Å². The van der Waals surface area contributed by atoms with E-state index in [1.54, 1.807) is 41.3 Å². The second-order valence-corrected chi connectivity index (χ2v) is 8.15. The molecule has 0 aliphatic rings. The lowest BCUT2D eigenvalue weighted by atomic mass is 10.2. The molecule has 0 saturated carbocycles. The third-order valence-corrected chi connectivity index (χ3v) is 5.06. The Morgan fingerprint density at radius 3 is 2.19 bits per heavy atom. The highest BCUT2D eigenvalue weighted by Crippen LogP contribution is 2.17. The predicted octanol–water partition coefficient (Wildman–Crippen LogP) is 3.23. The van der Waals surface area contributed by atoms with E-state index in [1.807, 2.05) is 32.0 Å². The summed E-state index contributed by atoms with van der Waals surface area (Å²) in [4.78, 5) is 14.3. The lowest BCUT2D eigenvalue weighted by Crippen LogP contribution is -2.39. The van der Waals surface area contributed by atoms with Crippen molar-refractivity contribution in [2.24, 2.45) is 0 Å². The predicted molar refractivity (Wildman–Crippen MR) is 104 cm³/mol. The summed E-state index contributed by atoms with van der Waals surface area (Å²) in [6.07, 6.45) is 0. The van der Waals surface area contributed by atoms with Crippen LogP contribution < -0.4 is 8.92 Å². The van der Waals surface area contributed by atoms with Gasteiger partial charge in [0.1, 0.15) is 11.5 Å². The quantitative estimate of drug-likeness (QED) is 0.614. The molecule has 0 bridgehead atoms. The molecule has 0 heterocycles. The van der Waals surface area contributed by atoms with Gasteiger partial charge in [-0.15, -0.1) is 0 Å². The van der Waals surface area contributed by atoms with Crippen LogP contribution in [-0.4, -0.2) is 37.6 Å². The van der Waals surface area contributed by atoms with Crippen molar-refractivity contribution < 1.29 is 22.1 Å². The van der Waals surface area contributed by atoms with Crippen LogP contribution >= 0.6 is 0 Å². The van der Waals surface area contributed by atoms with E-state index < -0.39 is 10.1 Å². The minimum absolute atomic E-state index is 0.00623. The monoisotopic (exact) mass is 391 g/mol. The van der Waals surface area contributed by atoms with Crippen molar-refractivity contribution in [1.82, 2.24) is 4.90 Å². The molecule has 27 heavy (non-hydrogen) atoms. The smallest absolute Gasteiger partial charge is 0.308 e. The van der Waals surface area contributed by atoms with Crippen LogP contribution in [0.25, 0.3) is 0 Å². The Morgan fingerprint density at radius 2 is 1.63 bits per heavy atom. The fraction of sp³-hybridized carbons (Fsp3) is 0.350. The number of benzene rings is 2. The summed E-state index contributed by atoms with van der Waals surface area (Å²) in [5.41, 5.74) is 0.873. The molecule has 0 radical (unpaired) electrons. The van der Waals surface area contributed by atoms with E-state index in [1.165, 1.54) is 6.92 Å². The van der Waals surface area contributed by atoms with Gasteiger partial charge in [0.25, 0.3) is 5.91 Å². The summed E-state index contributed by atoms with van der Waals surface area (Å²) >= 11 is 0. The zero-order valence-corrected chi connectivity index (χ0v) is 16.6. The number of carbonyl (C=O) groups is 1. The highest BCUT2D eigenvalue weighted by molar-refractivity contribution is 7.87. The van der Waals surface area contributed by atoms with Crippen LogP contribution in [0.1, 0.15) is 26.3 Å². The van der Waals surface area contributed by atoms with Crippen LogP contribution in [0.15, 0.2) is 54.6 Å². The summed E-state index contributed by atoms with van der Waals surface area (Å²) in [6, 6.07) is 15.9. The number of rotatable bonds is 9. The van der Waals surface area contributed by atoms with Gasteiger partial charge in [0.2, 0.25) is 0 Å². The van der Waals surface area contributed by atoms with Crippen molar-refractivity contribution in [2.75, 3.05) is 12.4 Å². The molecule has 6 nitrogen and oxygen atoms in total. The van der Waals surface area contributed by atoms with Crippen molar-refractivity contribution in [1.29, 1.82) is 0 Å². The van der Waals surface area contributed by atoms with E-state index in [0.29, 0.717) is 12.3 Å². The van der Waals surface area contributed by atoms with E-state index >= 15 is 0 Å². The second kappa shape index (κ2) is 9.41. The van der Waals surface area contributed by atoms with Crippen molar-refractivity contribution in [3.05, 3.63) is 60.2 Å². The van der Waals surface area contributed by atoms with Gasteiger partial charge in [-0.05, 0) is 50.6 Å². The minimum atomic E-state index is -3.55. The number of amides is 1. The van der Waals surface area contributed by atoms with Crippen LogP contribution in [-0.2, 0) is 21.5 Å². The minimum Gasteiger partial charge on any atom is -0.484 e. The van der Waals surface area contributed by atoms with Gasteiger partial charge in [-0.1, -0.05) is 30.3 Å². The normalized spacial score (nSPS) is 11.3. The number of hydrogen-bond donors (Lipinski definition) is 0. The number of hydrogen-bond acceptors (Lipinski definition) is 5. The molecule has 0 unspecified atom stereocenters. The van der Waals surface area contributed by atoms with Gasteiger partial charge >= 0.3 is 10.1 Å². The van der Waals surface area contributed by atoms with Gasteiger partial charge in [0, 0.05) is 12.6 Å². The lowest BCUT2D eigenvalue weighted by molar-refractivity contribution is -0.135. The van der Waals surface area contributed by atoms with Gasteiger partial charge < -0.3 is 13.8 Å². The Kier molecular flexibility index (Phi) is 7.24. The summed E-state index contributed by atoms with van der Waals surface area (Å²) in [6.45, 7) is 5.75. The number of nitrogens with zero attached hydrogens (tertiary/aromatic N) is 1. The first-order valence-electron chi connectivity index (χ1n) is 8.79. The Labute approximate surface area is 160 Å². The Balaban J connectivity index is 1.99. The van der Waals surface area contributed by atoms with Crippen molar-refractivity contribution in [3.63, 3.8) is 0 Å². The maximum atomic E-state index is 12.6. The van der Waals surface area contributed by atoms with Crippen LogP contribution in [0, 0.1) is 0 Å². The van der Waals surface area contributed by atoms with E-state index in [9.17, 15) is 13.2 Å². The molecule has 0 spiro atoms. The van der Waals surface area contributed by atoms with Crippen molar-refractivity contribution in [3.8, 4) is 11.5 Å². The van der Waals surface area contributed by atoms with Gasteiger partial charge in [-0.2, -0.15) is 8.42 Å². The Morgan fingerprint density at radius 1 is 1.00 bits per heavy atom. The molecule has 0 aromatic heterocycles. The highest BCUT2D eigenvalue weighted by Gasteiger charge is 2.18. The van der Waals surface area contributed by atoms with Gasteiger partial charge in [-0.25, -0.2) is 0 Å². The van der Waals surface area contributed by atoms with E-state index in [4.69, 9.17) is 8.92 Å². The molecule has 7 heteroatoms. The first-order valence-corrected chi connectivity index (χ1v) is 10.4. The summed E-state index contributed by atoms with van der Waals surface area (Å²) in [7, 11) is -3.55. The maximum absolute atomic E-state index is 12.6. The average molecular weight is 391 g/mol. The third kappa shape index (κ3) is 6.60. The topological polar surface area (TPSA) is 72.9 Å². The molecular formula is C20H25NO5S. The molecule has 0 aliphatic heterocycles. The average Bonchev–Trinajstić information content (AvgIpc) is 2.66. The van der Waals surface area contributed by atoms with E-state index in [2.05, 4.69) is 0 Å². The van der Waals surface area contributed by atoms with Crippen LogP contribution in [0.5, 0.6) is 11.5 Å². The molecule has 0 fully saturated rings. The van der Waals surface area contributed by atoms with Gasteiger partial charge in [0.15, 0.2) is 6.61 Å². The van der Waals surface area contributed by atoms with Crippen molar-refractivity contribution >= 4 is 16.0 Å². The molecule has 1 amide bonds. The first kappa shape index (κ1) is 20.8. The molecule has 0 aliphatic carbocycles. The summed E-state index contributed by atoms with van der Waals surface area (Å²) < 4.78 is 33.5. The fourth-order valence-electron chi connectivity index (χ4n) is 2.36. The zero-order valence-electron chi connectivity index (χ0n) is 15.8. The van der Waals surface area contributed by atoms with Crippen LogP contribution in [0.2, 0.25) is 0 Å². The van der Waals surface area contributed by atoms with Crippen molar-refractivity contribution in [2.45, 2.75) is 33.4 Å². The molecular weight excluding hydrogens is 366 g/mol. The molecule has 0 N–H and O–H groups in total. The number of para-hydroxylation sites is 1. The number of ether oxygens (including phenoxy) is 1. The molecule has 2 aromatic carbocycles. The Hall–Kier alpha value is -2.54. The van der Waals surface area contributed by atoms with E-state index in [0.717, 1.165) is 5.56 Å². The molecule has 146 valence electrons. The number of carbonyl (C=O) groups excluding carboxylic acids is 1. The van der Waals surface area contributed by atoms with E-state index in [-0.39, 0.29) is 30.1 Å². The SMILES string of the molecule is CCS(=O)(=O)Oc1ccc(CN(C(=O)COc2ccccc2)C(C)C)cc1. The lowest BCUT2D eigenvalue weighted by Gasteiger charge is -2.27. The summed E-state index contributed by atoms with van der Waals surface area (Å²) in [5, 5.41) is 0. The largest absolute Gasteiger partial charge is 0.484 e. The Bertz CT molecular complexity index is 832. The van der Waals surface area contributed by atoms with Crippen LogP contribution in [0.4, 0.5) is 0 Å². The molecule has 0 atom stereocenters. The molecule has 2 rings (SSSR count). The molecule has 0 saturated heterocycles. The standard InChI is InChI=1S/C20H25NO5S/c1-4-27(23,24)26-19-12-10-17(11-13-19)14-21(16(2)3)20(22)15-25-18-8-6-5-7-9-18/h5-13,16H,4,14-15H2,1-3H3. The second-order valence-electron chi connectivity index (χ2n) is 6.29. The van der Waals surface area contributed by atoms with Crippen LogP contribution in [0.3, 0.4) is 0 Å². The zero-order chi connectivity index (χ0) is 19.9. The summed E-state index contributed by atoms with van der Waals surface area (Å²) in [5.74, 6) is 0.692. The molecule has 2 aromatic rings. The first-order chi connectivity index (χ1) is 12.8. The maximum Gasteiger partial charge on any atom is 0.308 e. The highest BCUT2D eigenvalue weighted by atomic mass is 32.2. The third-order valence-electron chi connectivity index (χ3n) is 3.90. The van der Waals surface area contributed by atoms with Gasteiger partial charge in [-0.3, -0.25) is 4.79 Å².